The minimum atomic E-state index is -1.39. The van der Waals surface area contributed by atoms with Gasteiger partial charge in [0, 0.05) is 46.6 Å². The van der Waals surface area contributed by atoms with E-state index in [9.17, 15) is 19.6 Å². The normalized spacial score (nSPS) is 22.0. The summed E-state index contributed by atoms with van der Waals surface area (Å²) in [5.74, 6) is 1.84. The van der Waals surface area contributed by atoms with E-state index in [1.165, 1.54) is 14.1 Å². The Labute approximate surface area is 174 Å². The zero-order valence-corrected chi connectivity index (χ0v) is 17.9. The van der Waals surface area contributed by atoms with Crippen molar-refractivity contribution in [1.82, 2.24) is 9.80 Å². The molecule has 2 heterocycles. The van der Waals surface area contributed by atoms with Gasteiger partial charge in [0.05, 0.1) is 0 Å². The Kier molecular flexibility index (Phi) is 6.08. The molecule has 1 radical (unpaired) electrons. The number of imide groups is 1. The molecule has 0 aromatic heterocycles. The Bertz CT molecular complexity index is 873. The molecule has 6 nitrogen and oxygen atoms in total. The van der Waals surface area contributed by atoms with Gasteiger partial charge in [0.1, 0.15) is 0 Å². The monoisotopic (exact) mass is 563 g/mol. The zero-order chi connectivity index (χ0) is 18.4. The maximum Gasteiger partial charge on any atom is 0.326 e. The van der Waals surface area contributed by atoms with E-state index >= 15 is 0 Å². The number of nitriles is 1. The number of likely N-dealkylation sites (N-methyl/N-ethyl adjacent to an activating group) is 2. The van der Waals surface area contributed by atoms with Gasteiger partial charge in [-0.3, -0.25) is 30.1 Å². The summed E-state index contributed by atoms with van der Waals surface area (Å²) in [6.07, 6.45) is 0.134. The molecule has 1 aromatic carbocycles. The van der Waals surface area contributed by atoms with Crippen molar-refractivity contribution in [2.45, 2.75) is 11.3 Å². The van der Waals surface area contributed by atoms with Crippen molar-refractivity contribution in [2.75, 3.05) is 14.1 Å². The number of nitrogens with zero attached hydrogens (tertiary/aromatic N) is 3. The van der Waals surface area contributed by atoms with Crippen LogP contribution < -0.4 is 5.46 Å². The van der Waals surface area contributed by atoms with Crippen molar-refractivity contribution < 1.29 is 34.5 Å². The molecule has 1 unspecified atom stereocenters. The predicted molar refractivity (Wildman–Crippen MR) is 98.3 cm³/mol. The molecule has 10 heteroatoms. The summed E-state index contributed by atoms with van der Waals surface area (Å²) in [4.78, 5) is 37.5. The summed E-state index contributed by atoms with van der Waals surface area (Å²) in [7, 11) is 3.50. The van der Waals surface area contributed by atoms with Crippen LogP contribution in [-0.4, -0.2) is 53.2 Å². The Morgan fingerprint density at radius 3 is 2.50 bits per heavy atom. The fraction of sp³-hybridized carbons (Fsp3) is 0.250. The molecule has 26 heavy (non-hydrogen) atoms. The minimum Gasteiger partial charge on any atom is -0.716 e. The second kappa shape index (κ2) is 7.61. The first-order valence-corrected chi connectivity index (χ1v) is 9.22. The topological polar surface area (TPSA) is 81.5 Å². The third-order valence-electron chi connectivity index (χ3n) is 4.69. The van der Waals surface area contributed by atoms with Gasteiger partial charge in [0.15, 0.2) is 4.87 Å². The third-order valence-corrected chi connectivity index (χ3v) is 6.39. The number of hydrogen-bond donors (Lipinski definition) is 0. The molecule has 1 atom stereocenters. The van der Waals surface area contributed by atoms with Crippen molar-refractivity contribution in [3.05, 3.63) is 35.8 Å². The smallest absolute Gasteiger partial charge is 0.326 e. The summed E-state index contributed by atoms with van der Waals surface area (Å²) in [6.45, 7) is -0.405. The molecule has 1 fully saturated rings. The van der Waals surface area contributed by atoms with Gasteiger partial charge in [-0.25, -0.2) is 5.26 Å². The number of rotatable bonds is 3. The second-order valence-corrected chi connectivity index (χ2v) is 7.31. The molecule has 0 aliphatic carbocycles. The van der Waals surface area contributed by atoms with Gasteiger partial charge in [-0.05, 0) is 11.1 Å². The fourth-order valence-electron chi connectivity index (χ4n) is 3.22. The van der Waals surface area contributed by atoms with Gasteiger partial charge in [0.2, 0.25) is 0 Å². The average Bonchev–Trinajstić information content (AvgIpc) is 2.99. The molecule has 0 spiro atoms. The van der Waals surface area contributed by atoms with E-state index in [1.807, 2.05) is 24.3 Å². The summed E-state index contributed by atoms with van der Waals surface area (Å²) in [6, 6.07) is 7.45. The molecule has 2 aliphatic rings. The molecule has 135 valence electrons. The molecular formula is C16H13BIrN3O3S2-. The first-order valence-electron chi connectivity index (χ1n) is 7.48. The molecule has 0 saturated carbocycles. The molecule has 3 amide bonds. The van der Waals surface area contributed by atoms with Gasteiger partial charge in [-0.2, -0.15) is 0 Å². The maximum atomic E-state index is 12.8. The van der Waals surface area contributed by atoms with Crippen LogP contribution in [-0.2, 0) is 46.1 Å². The number of piperazine rings is 1. The van der Waals surface area contributed by atoms with E-state index in [0.29, 0.717) is 0 Å². The van der Waals surface area contributed by atoms with Crippen LogP contribution in [0.15, 0.2) is 30.2 Å². The van der Waals surface area contributed by atoms with Gasteiger partial charge >= 0.3 is 18.5 Å². The standard InChI is InChI=1S/C16H14BN3O3S2.Ir/c1-19-13(21)14(22)20(2)16(25-24,15(19)23)7-10-8-17(9-18)12-6-4-3-5-11(10)12;/h3-6,8,24H,7H2,1-2H3;/p-1. The summed E-state index contributed by atoms with van der Waals surface area (Å²) < 4.78 is 0. The third kappa shape index (κ3) is 2.93. The van der Waals surface area contributed by atoms with Crippen LogP contribution >= 0.6 is 10.8 Å². The number of carbonyl (C=O) groups excluding carboxylic acids is 3. The molecular weight excluding hydrogens is 549 g/mol. The minimum absolute atomic E-state index is 0. The van der Waals surface area contributed by atoms with Crippen LogP contribution in [0.25, 0.3) is 5.57 Å². The van der Waals surface area contributed by atoms with Crippen molar-refractivity contribution >= 4 is 57.9 Å². The maximum absolute atomic E-state index is 12.8. The van der Waals surface area contributed by atoms with Gasteiger partial charge < -0.3 is 16.6 Å². The number of amides is 3. The summed E-state index contributed by atoms with van der Waals surface area (Å²) in [5.41, 5.74) is 2.51. The van der Waals surface area contributed by atoms with E-state index < -0.39 is 29.3 Å². The van der Waals surface area contributed by atoms with Crippen LogP contribution in [0.5, 0.6) is 0 Å². The van der Waals surface area contributed by atoms with E-state index in [-0.39, 0.29) is 26.5 Å². The van der Waals surface area contributed by atoms with Crippen LogP contribution in [0.2, 0.25) is 0 Å². The van der Waals surface area contributed by atoms with Gasteiger partial charge in [-0.15, -0.1) is 0 Å². The van der Waals surface area contributed by atoms with Crippen molar-refractivity contribution in [3.63, 3.8) is 0 Å². The second-order valence-electron chi connectivity index (χ2n) is 5.96. The number of carbonyl (C=O) groups is 3. The SMILES string of the molecule is CN1C(=O)C(=O)N(C)C(CC2=CB(C#N)c3ccccc32)(S[S-])C1=O.[Ir]. The van der Waals surface area contributed by atoms with E-state index in [0.717, 1.165) is 37.2 Å². The van der Waals surface area contributed by atoms with Gasteiger partial charge in [0.25, 0.3) is 5.91 Å². The van der Waals surface area contributed by atoms with E-state index in [4.69, 9.17) is 11.7 Å². The van der Waals surface area contributed by atoms with E-state index in [2.05, 4.69) is 5.97 Å². The van der Waals surface area contributed by atoms with Crippen LogP contribution in [0.1, 0.15) is 12.0 Å². The first-order chi connectivity index (χ1) is 11.9. The van der Waals surface area contributed by atoms with Crippen LogP contribution in [0.4, 0.5) is 0 Å². The largest absolute Gasteiger partial charge is 0.716 e. The zero-order valence-electron chi connectivity index (χ0n) is 13.9. The Morgan fingerprint density at radius 1 is 1.23 bits per heavy atom. The Hall–Kier alpha value is -1.53. The number of benzene rings is 1. The summed E-state index contributed by atoms with van der Waals surface area (Å²) >= 11 is 5.15. The molecule has 2 aliphatic heterocycles. The Balaban J connectivity index is 0.00000243. The molecule has 1 saturated heterocycles. The first kappa shape index (κ1) is 20.8. The Morgan fingerprint density at radius 2 is 1.88 bits per heavy atom. The predicted octanol–water partition coefficient (Wildman–Crippen LogP) is 0.123. The quantitative estimate of drug-likeness (QED) is 0.171. The number of hydrogen-bond acceptors (Lipinski definition) is 6. The van der Waals surface area contributed by atoms with Crippen LogP contribution in [0, 0.1) is 11.2 Å². The molecule has 1 aromatic rings. The van der Waals surface area contributed by atoms with Gasteiger partial charge in [-0.1, -0.05) is 35.7 Å². The molecule has 0 bridgehead atoms. The van der Waals surface area contributed by atoms with Crippen molar-refractivity contribution in [3.8, 4) is 5.97 Å². The average molecular weight is 562 g/mol. The fourth-order valence-corrected chi connectivity index (χ4v) is 4.57. The van der Waals surface area contributed by atoms with Crippen molar-refractivity contribution in [2.24, 2.45) is 0 Å². The summed E-state index contributed by atoms with van der Waals surface area (Å²) in [5, 5.41) is 9.38. The van der Waals surface area contributed by atoms with Crippen molar-refractivity contribution in [1.29, 1.82) is 5.26 Å². The van der Waals surface area contributed by atoms with Crippen LogP contribution in [0.3, 0.4) is 0 Å². The number of fused-ring (bicyclic) bond motifs is 1. The van der Waals surface area contributed by atoms with E-state index in [1.54, 1.807) is 5.98 Å². The molecule has 3 rings (SSSR count). The molecule has 0 N–H and O–H groups in total.